The monoisotopic (exact) mass is 291 g/mol. The van der Waals surface area contributed by atoms with Crippen molar-refractivity contribution in [3.05, 3.63) is 0 Å². The van der Waals surface area contributed by atoms with Gasteiger partial charge < -0.3 is 10.5 Å². The molecule has 1 fully saturated rings. The number of hydrogen-bond acceptors (Lipinski definition) is 4. The molecule has 0 radical (unpaired) electrons. The Balaban J connectivity index is 2.74. The molecule has 0 aliphatic heterocycles. The van der Waals surface area contributed by atoms with E-state index in [2.05, 4.69) is 4.72 Å². The van der Waals surface area contributed by atoms with Gasteiger partial charge in [0.05, 0.1) is 11.3 Å². The molecule has 0 aromatic heterocycles. The number of hydrogen-bond donors (Lipinski definition) is 3. The molecule has 19 heavy (non-hydrogen) atoms. The molecule has 0 amide bonds. The SMILES string of the molecule is COCCCS(=O)(=O)NC1(C(=N)N)CCCCCC1. The number of ether oxygens (including phenoxy) is 1. The number of amidine groups is 1. The van der Waals surface area contributed by atoms with E-state index in [1.807, 2.05) is 0 Å². The third-order valence-corrected chi connectivity index (χ3v) is 5.11. The second kappa shape index (κ2) is 7.21. The van der Waals surface area contributed by atoms with Crippen molar-refractivity contribution < 1.29 is 13.2 Å². The molecule has 0 atom stereocenters. The van der Waals surface area contributed by atoms with Crippen molar-refractivity contribution in [3.8, 4) is 0 Å². The van der Waals surface area contributed by atoms with Crippen molar-refractivity contribution in [2.24, 2.45) is 5.73 Å². The third kappa shape index (κ3) is 5.08. The van der Waals surface area contributed by atoms with Gasteiger partial charge in [0.1, 0.15) is 5.84 Å². The molecule has 1 aliphatic carbocycles. The lowest BCUT2D eigenvalue weighted by Crippen LogP contribution is -2.57. The van der Waals surface area contributed by atoms with E-state index in [-0.39, 0.29) is 11.6 Å². The summed E-state index contributed by atoms with van der Waals surface area (Å²) in [6.07, 6.45) is 5.62. The lowest BCUT2D eigenvalue weighted by Gasteiger charge is -2.32. The average Bonchev–Trinajstić information content (AvgIpc) is 2.55. The maximum Gasteiger partial charge on any atom is 0.212 e. The van der Waals surface area contributed by atoms with Crippen LogP contribution >= 0.6 is 0 Å². The Morgan fingerprint density at radius 2 is 1.89 bits per heavy atom. The van der Waals surface area contributed by atoms with Gasteiger partial charge in [0.2, 0.25) is 10.0 Å². The van der Waals surface area contributed by atoms with Gasteiger partial charge in [-0.05, 0) is 19.3 Å². The first-order valence-corrected chi connectivity index (χ1v) is 8.42. The van der Waals surface area contributed by atoms with E-state index >= 15 is 0 Å². The molecular formula is C12H25N3O3S. The van der Waals surface area contributed by atoms with Crippen LogP contribution in [0.2, 0.25) is 0 Å². The van der Waals surface area contributed by atoms with Crippen LogP contribution in [0.3, 0.4) is 0 Å². The number of sulfonamides is 1. The van der Waals surface area contributed by atoms with E-state index in [9.17, 15) is 8.42 Å². The molecule has 0 aromatic carbocycles. The molecule has 0 bridgehead atoms. The van der Waals surface area contributed by atoms with Crippen LogP contribution in [0, 0.1) is 5.41 Å². The molecule has 1 saturated carbocycles. The fourth-order valence-electron chi connectivity index (χ4n) is 2.50. The largest absolute Gasteiger partial charge is 0.386 e. The zero-order chi connectivity index (χ0) is 14.4. The third-order valence-electron chi connectivity index (χ3n) is 3.59. The zero-order valence-corrected chi connectivity index (χ0v) is 12.4. The number of nitrogens with two attached hydrogens (primary N) is 1. The predicted molar refractivity (Wildman–Crippen MR) is 75.8 cm³/mol. The van der Waals surface area contributed by atoms with Crippen molar-refractivity contribution in [3.63, 3.8) is 0 Å². The summed E-state index contributed by atoms with van der Waals surface area (Å²) < 4.78 is 31.7. The van der Waals surface area contributed by atoms with Gasteiger partial charge in [-0.2, -0.15) is 0 Å². The molecule has 7 heteroatoms. The highest BCUT2D eigenvalue weighted by Crippen LogP contribution is 2.28. The van der Waals surface area contributed by atoms with Gasteiger partial charge in [0.15, 0.2) is 0 Å². The van der Waals surface area contributed by atoms with Gasteiger partial charge >= 0.3 is 0 Å². The summed E-state index contributed by atoms with van der Waals surface area (Å²) in [6.45, 7) is 0.411. The second-order valence-corrected chi connectivity index (χ2v) is 7.02. The molecule has 1 rings (SSSR count). The van der Waals surface area contributed by atoms with E-state index < -0.39 is 15.6 Å². The van der Waals surface area contributed by atoms with Crippen molar-refractivity contribution in [2.75, 3.05) is 19.5 Å². The summed E-state index contributed by atoms with van der Waals surface area (Å²) >= 11 is 0. The van der Waals surface area contributed by atoms with Gasteiger partial charge in [-0.25, -0.2) is 13.1 Å². The minimum Gasteiger partial charge on any atom is -0.386 e. The first-order chi connectivity index (χ1) is 8.92. The van der Waals surface area contributed by atoms with Crippen LogP contribution in [0.15, 0.2) is 0 Å². The zero-order valence-electron chi connectivity index (χ0n) is 11.6. The fourth-order valence-corrected chi connectivity index (χ4v) is 4.01. The van der Waals surface area contributed by atoms with Crippen LogP contribution in [-0.2, 0) is 14.8 Å². The molecule has 112 valence electrons. The Bertz CT molecular complexity index is 387. The van der Waals surface area contributed by atoms with Crippen LogP contribution in [-0.4, -0.2) is 39.3 Å². The van der Waals surface area contributed by atoms with E-state index in [1.54, 1.807) is 7.11 Å². The normalized spacial score (nSPS) is 19.8. The predicted octanol–water partition coefficient (Wildman–Crippen LogP) is 0.971. The Kier molecular flexibility index (Phi) is 6.22. The minimum absolute atomic E-state index is 0.00979. The highest BCUT2D eigenvalue weighted by molar-refractivity contribution is 7.89. The van der Waals surface area contributed by atoms with E-state index in [0.29, 0.717) is 25.9 Å². The van der Waals surface area contributed by atoms with Crippen LogP contribution in [0.25, 0.3) is 0 Å². The first kappa shape index (κ1) is 16.4. The van der Waals surface area contributed by atoms with Crippen molar-refractivity contribution in [1.29, 1.82) is 5.41 Å². The average molecular weight is 291 g/mol. The molecule has 6 nitrogen and oxygen atoms in total. The lowest BCUT2D eigenvalue weighted by atomic mass is 9.90. The maximum atomic E-state index is 12.1. The standard InChI is InChI=1S/C12H25N3O3S/c1-18-9-6-10-19(16,17)15-12(11(13)14)7-4-2-3-5-8-12/h15H,2-10H2,1H3,(H3,13,14). The highest BCUT2D eigenvalue weighted by atomic mass is 32.2. The van der Waals surface area contributed by atoms with E-state index in [0.717, 1.165) is 25.7 Å². The van der Waals surface area contributed by atoms with Crippen LogP contribution in [0.1, 0.15) is 44.9 Å². The summed E-state index contributed by atoms with van der Waals surface area (Å²) in [5.41, 5.74) is 4.79. The number of rotatable bonds is 7. The molecule has 0 unspecified atom stereocenters. The molecule has 0 aromatic rings. The first-order valence-electron chi connectivity index (χ1n) is 6.77. The molecule has 0 spiro atoms. The summed E-state index contributed by atoms with van der Waals surface area (Å²) in [6, 6.07) is 0. The topological polar surface area (TPSA) is 105 Å². The molecule has 4 N–H and O–H groups in total. The highest BCUT2D eigenvalue weighted by Gasteiger charge is 2.37. The fraction of sp³-hybridized carbons (Fsp3) is 0.917. The minimum atomic E-state index is -3.42. The van der Waals surface area contributed by atoms with Crippen molar-refractivity contribution in [1.82, 2.24) is 4.72 Å². The number of nitrogens with one attached hydrogen (secondary N) is 2. The van der Waals surface area contributed by atoms with Gasteiger partial charge in [0, 0.05) is 13.7 Å². The Morgan fingerprint density at radius 3 is 2.37 bits per heavy atom. The van der Waals surface area contributed by atoms with Crippen molar-refractivity contribution >= 4 is 15.9 Å². The molecule has 1 aliphatic rings. The van der Waals surface area contributed by atoms with Crippen molar-refractivity contribution in [2.45, 2.75) is 50.5 Å². The second-order valence-electron chi connectivity index (χ2n) is 5.18. The molecular weight excluding hydrogens is 266 g/mol. The Hall–Kier alpha value is -0.660. The Morgan fingerprint density at radius 1 is 1.32 bits per heavy atom. The quantitative estimate of drug-likeness (QED) is 0.281. The summed E-state index contributed by atoms with van der Waals surface area (Å²) in [7, 11) is -1.88. The van der Waals surface area contributed by atoms with Gasteiger partial charge in [-0.3, -0.25) is 5.41 Å². The van der Waals surface area contributed by atoms with E-state index in [4.69, 9.17) is 15.9 Å². The van der Waals surface area contributed by atoms with Crippen LogP contribution in [0.4, 0.5) is 0 Å². The summed E-state index contributed by atoms with van der Waals surface area (Å²) in [4.78, 5) is 0. The smallest absolute Gasteiger partial charge is 0.212 e. The Labute approximate surface area is 115 Å². The van der Waals surface area contributed by atoms with Gasteiger partial charge in [-0.1, -0.05) is 25.7 Å². The van der Waals surface area contributed by atoms with Crippen LogP contribution < -0.4 is 10.5 Å². The summed E-state index contributed by atoms with van der Waals surface area (Å²) in [5, 5.41) is 7.75. The van der Waals surface area contributed by atoms with E-state index in [1.165, 1.54) is 0 Å². The lowest BCUT2D eigenvalue weighted by molar-refractivity contribution is 0.199. The maximum absolute atomic E-state index is 12.1. The summed E-state index contributed by atoms with van der Waals surface area (Å²) in [5.74, 6) is -0.0553. The van der Waals surface area contributed by atoms with Gasteiger partial charge in [0.25, 0.3) is 0 Å². The molecule has 0 heterocycles. The van der Waals surface area contributed by atoms with Crippen LogP contribution in [0.5, 0.6) is 0 Å². The molecule has 0 saturated heterocycles. The number of methoxy groups -OCH3 is 1. The van der Waals surface area contributed by atoms with Gasteiger partial charge in [-0.15, -0.1) is 0 Å².